The second kappa shape index (κ2) is 6.66. The molecule has 0 heterocycles. The summed E-state index contributed by atoms with van der Waals surface area (Å²) in [6, 6.07) is 6.76. The van der Waals surface area contributed by atoms with Crippen molar-refractivity contribution >= 4 is 0 Å². The Kier molecular flexibility index (Phi) is 5.45. The van der Waals surface area contributed by atoms with Gasteiger partial charge in [0.05, 0.1) is 0 Å². The van der Waals surface area contributed by atoms with Crippen molar-refractivity contribution in [2.45, 2.75) is 59.3 Å². The molecule has 0 spiro atoms. The van der Waals surface area contributed by atoms with Crippen LogP contribution in [0.1, 0.15) is 56.2 Å². The maximum atomic E-state index is 2.31. The minimum atomic E-state index is 1.27. The van der Waals surface area contributed by atoms with Gasteiger partial charge in [-0.3, -0.25) is 0 Å². The summed E-state index contributed by atoms with van der Waals surface area (Å²) in [5, 5.41) is 0. The molecule has 0 unspecified atom stereocenters. The van der Waals surface area contributed by atoms with Crippen LogP contribution < -0.4 is 0 Å². The Morgan fingerprint density at radius 3 is 2.20 bits per heavy atom. The molecule has 0 aliphatic heterocycles. The number of hydrogen-bond donors (Lipinski definition) is 0. The van der Waals surface area contributed by atoms with Gasteiger partial charge in [0, 0.05) is 0 Å². The molecule has 0 N–H and O–H groups in total. The number of fused-ring (bicyclic) bond motifs is 2. The second-order valence-electron chi connectivity index (χ2n) is 4.47. The lowest BCUT2D eigenvalue weighted by Crippen LogP contribution is -1.78. The Balaban J connectivity index is 0.000000167. The van der Waals surface area contributed by atoms with Crippen molar-refractivity contribution in [2.75, 3.05) is 0 Å². The van der Waals surface area contributed by atoms with Crippen molar-refractivity contribution in [3.63, 3.8) is 0 Å². The zero-order valence-corrected chi connectivity index (χ0v) is 10.5. The second-order valence-corrected chi connectivity index (χ2v) is 4.47. The number of benzene rings is 1. The summed E-state index contributed by atoms with van der Waals surface area (Å²) in [4.78, 5) is 0. The van der Waals surface area contributed by atoms with E-state index in [1.54, 1.807) is 5.56 Å². The monoisotopic (exact) mass is 204 g/mol. The largest absolute Gasteiger partial charge is 0.0654 e. The Bertz CT molecular complexity index is 282. The third-order valence-electron chi connectivity index (χ3n) is 3.05. The van der Waals surface area contributed by atoms with Crippen LogP contribution in [0.15, 0.2) is 18.2 Å². The fourth-order valence-electron chi connectivity index (χ4n) is 1.93. The molecule has 1 aliphatic carbocycles. The number of aryl methyl sites for hydroxylation is 3. The fourth-order valence-corrected chi connectivity index (χ4v) is 1.93. The van der Waals surface area contributed by atoms with E-state index in [0.29, 0.717) is 0 Å². The number of hydrogen-bond acceptors (Lipinski definition) is 0. The molecule has 1 aromatic rings. The van der Waals surface area contributed by atoms with Gasteiger partial charge in [0.1, 0.15) is 0 Å². The lowest BCUT2D eigenvalue weighted by Gasteiger charge is -1.93. The molecule has 15 heavy (non-hydrogen) atoms. The zero-order valence-electron chi connectivity index (χ0n) is 10.5. The molecular weight excluding hydrogens is 180 g/mol. The lowest BCUT2D eigenvalue weighted by atomic mass is 10.1. The Hall–Kier alpha value is -0.780. The quantitative estimate of drug-likeness (QED) is 0.627. The van der Waals surface area contributed by atoms with Gasteiger partial charge in [-0.25, -0.2) is 0 Å². The van der Waals surface area contributed by atoms with Crippen LogP contribution in [-0.4, -0.2) is 0 Å². The topological polar surface area (TPSA) is 0 Å². The molecule has 2 bridgehead atoms. The average molecular weight is 204 g/mol. The van der Waals surface area contributed by atoms with Crippen LogP contribution in [0.2, 0.25) is 0 Å². The fraction of sp³-hybridized carbons (Fsp3) is 0.600. The highest BCUT2D eigenvalue weighted by Crippen LogP contribution is 2.20. The smallest absolute Gasteiger partial charge is 0.0236 e. The normalized spacial score (nSPS) is 12.2. The van der Waals surface area contributed by atoms with Gasteiger partial charge in [-0.1, -0.05) is 57.7 Å². The summed E-state index contributed by atoms with van der Waals surface area (Å²) in [6.45, 7) is 6.65. The summed E-state index contributed by atoms with van der Waals surface area (Å²) >= 11 is 0. The molecule has 0 saturated carbocycles. The van der Waals surface area contributed by atoms with Crippen LogP contribution in [0.5, 0.6) is 0 Å². The van der Waals surface area contributed by atoms with Crippen LogP contribution in [0, 0.1) is 6.92 Å². The highest BCUT2D eigenvalue weighted by Gasteiger charge is 2.07. The highest BCUT2D eigenvalue weighted by molar-refractivity contribution is 5.36. The van der Waals surface area contributed by atoms with Crippen molar-refractivity contribution in [1.82, 2.24) is 0 Å². The van der Waals surface area contributed by atoms with Crippen LogP contribution >= 0.6 is 0 Å². The summed E-state index contributed by atoms with van der Waals surface area (Å²) in [5.41, 5.74) is 4.51. The van der Waals surface area contributed by atoms with E-state index in [1.165, 1.54) is 49.7 Å². The Morgan fingerprint density at radius 2 is 1.67 bits per heavy atom. The van der Waals surface area contributed by atoms with E-state index in [1.807, 2.05) is 0 Å². The van der Waals surface area contributed by atoms with Crippen molar-refractivity contribution < 1.29 is 0 Å². The van der Waals surface area contributed by atoms with E-state index in [0.717, 1.165) is 0 Å². The standard InChI is InChI=1S/C9H10.C6H14/c1-7-2-3-8-4-5-9(7)6-8;1-3-5-6-4-2/h2-3,6H,4-5H2,1H3;3-6H2,1-2H3. The molecular formula is C15H24. The van der Waals surface area contributed by atoms with Gasteiger partial charge in [-0.15, -0.1) is 0 Å². The van der Waals surface area contributed by atoms with E-state index in [4.69, 9.17) is 0 Å². The molecule has 2 rings (SSSR count). The molecule has 0 radical (unpaired) electrons. The maximum Gasteiger partial charge on any atom is -0.0236 e. The van der Waals surface area contributed by atoms with E-state index >= 15 is 0 Å². The van der Waals surface area contributed by atoms with E-state index in [-0.39, 0.29) is 0 Å². The van der Waals surface area contributed by atoms with E-state index in [9.17, 15) is 0 Å². The van der Waals surface area contributed by atoms with Gasteiger partial charge in [0.25, 0.3) is 0 Å². The third kappa shape index (κ3) is 4.07. The minimum absolute atomic E-state index is 1.27. The van der Waals surface area contributed by atoms with Crippen LogP contribution in [0.25, 0.3) is 0 Å². The van der Waals surface area contributed by atoms with Gasteiger partial charge in [0.15, 0.2) is 0 Å². The van der Waals surface area contributed by atoms with Gasteiger partial charge < -0.3 is 0 Å². The van der Waals surface area contributed by atoms with Crippen molar-refractivity contribution in [3.8, 4) is 0 Å². The molecule has 0 aromatic heterocycles. The maximum absolute atomic E-state index is 2.31. The number of unbranched alkanes of at least 4 members (excludes halogenated alkanes) is 3. The molecule has 0 saturated heterocycles. The van der Waals surface area contributed by atoms with Crippen LogP contribution in [-0.2, 0) is 12.8 Å². The molecule has 0 nitrogen and oxygen atoms in total. The summed E-state index contributed by atoms with van der Waals surface area (Å²) in [5.74, 6) is 0. The van der Waals surface area contributed by atoms with Crippen molar-refractivity contribution in [1.29, 1.82) is 0 Å². The average Bonchev–Trinajstić information content (AvgIpc) is 2.66. The van der Waals surface area contributed by atoms with E-state index < -0.39 is 0 Å². The minimum Gasteiger partial charge on any atom is -0.0654 e. The predicted octanol–water partition coefficient (Wildman–Crippen LogP) is 4.68. The molecule has 0 atom stereocenters. The van der Waals surface area contributed by atoms with Crippen LogP contribution in [0.3, 0.4) is 0 Å². The molecule has 1 aromatic carbocycles. The van der Waals surface area contributed by atoms with Gasteiger partial charge >= 0.3 is 0 Å². The van der Waals surface area contributed by atoms with Gasteiger partial charge in [-0.2, -0.15) is 0 Å². The zero-order chi connectivity index (χ0) is 11.1. The lowest BCUT2D eigenvalue weighted by molar-refractivity contribution is 0.702. The first-order valence-electron chi connectivity index (χ1n) is 6.36. The first kappa shape index (κ1) is 12.3. The first-order valence-corrected chi connectivity index (χ1v) is 6.36. The predicted molar refractivity (Wildman–Crippen MR) is 68.4 cm³/mol. The summed E-state index contributed by atoms with van der Waals surface area (Å²) in [6.07, 6.45) is 8.08. The van der Waals surface area contributed by atoms with Crippen molar-refractivity contribution in [2.24, 2.45) is 0 Å². The molecule has 1 aliphatic rings. The molecule has 0 amide bonds. The summed E-state index contributed by atoms with van der Waals surface area (Å²) < 4.78 is 0. The third-order valence-corrected chi connectivity index (χ3v) is 3.05. The van der Waals surface area contributed by atoms with Gasteiger partial charge in [0.2, 0.25) is 0 Å². The molecule has 84 valence electrons. The molecule has 0 fully saturated rings. The van der Waals surface area contributed by atoms with Gasteiger partial charge in [-0.05, 0) is 36.5 Å². The Morgan fingerprint density at radius 1 is 1.00 bits per heavy atom. The summed E-state index contributed by atoms with van der Waals surface area (Å²) in [7, 11) is 0. The SMILES string of the molecule is CCCCCC.Cc1ccc2cc1CC2. The highest BCUT2D eigenvalue weighted by atomic mass is 14.1. The first-order chi connectivity index (χ1) is 7.27. The number of rotatable bonds is 3. The molecule has 0 heteroatoms. The van der Waals surface area contributed by atoms with E-state index in [2.05, 4.69) is 39.0 Å². The van der Waals surface area contributed by atoms with Crippen LogP contribution in [0.4, 0.5) is 0 Å². The Labute approximate surface area is 94.7 Å². The van der Waals surface area contributed by atoms with Crippen molar-refractivity contribution in [3.05, 3.63) is 34.9 Å².